The SMILES string of the molecule is COC(=O)C(CCCN1CCC2(CC2)C(O)C1)N1CCN(c2cccc(C(F)(F)F)c2)CCC1=O. The fourth-order valence-corrected chi connectivity index (χ4v) is 5.37. The van der Waals surface area contributed by atoms with Crippen LogP contribution < -0.4 is 4.90 Å². The highest BCUT2D eigenvalue weighted by Gasteiger charge is 2.51. The van der Waals surface area contributed by atoms with Crippen LogP contribution in [-0.4, -0.2) is 85.3 Å². The van der Waals surface area contributed by atoms with Crippen molar-refractivity contribution in [3.05, 3.63) is 29.8 Å². The van der Waals surface area contributed by atoms with E-state index in [1.807, 2.05) is 0 Å². The quantitative estimate of drug-likeness (QED) is 0.584. The van der Waals surface area contributed by atoms with Crippen molar-refractivity contribution < 1.29 is 32.6 Å². The second-order valence-electron chi connectivity index (χ2n) is 9.98. The molecule has 1 aromatic carbocycles. The van der Waals surface area contributed by atoms with Gasteiger partial charge in [0.05, 0.1) is 18.8 Å². The number of ether oxygens (including phenoxy) is 1. The van der Waals surface area contributed by atoms with Gasteiger partial charge in [-0.2, -0.15) is 13.2 Å². The Labute approximate surface area is 203 Å². The van der Waals surface area contributed by atoms with Crippen molar-refractivity contribution in [1.82, 2.24) is 9.80 Å². The van der Waals surface area contributed by atoms with Crippen molar-refractivity contribution in [1.29, 1.82) is 0 Å². The molecule has 0 radical (unpaired) electrons. The van der Waals surface area contributed by atoms with Gasteiger partial charge in [-0.3, -0.25) is 4.79 Å². The number of amides is 1. The molecule has 1 amide bonds. The molecule has 2 aliphatic heterocycles. The van der Waals surface area contributed by atoms with Crippen LogP contribution in [0.5, 0.6) is 0 Å². The number of esters is 1. The average Bonchev–Trinajstić information content (AvgIpc) is 3.63. The smallest absolute Gasteiger partial charge is 0.416 e. The molecule has 2 unspecified atom stereocenters. The number of methoxy groups -OCH3 is 1. The first-order chi connectivity index (χ1) is 16.6. The minimum atomic E-state index is -4.44. The van der Waals surface area contributed by atoms with Crippen molar-refractivity contribution in [2.24, 2.45) is 5.41 Å². The second kappa shape index (κ2) is 10.3. The van der Waals surface area contributed by atoms with E-state index >= 15 is 0 Å². The van der Waals surface area contributed by atoms with Gasteiger partial charge in [0.15, 0.2) is 0 Å². The number of nitrogens with zero attached hydrogens (tertiary/aromatic N) is 3. The lowest BCUT2D eigenvalue weighted by atomic mass is 9.90. The number of hydrogen-bond donors (Lipinski definition) is 1. The topological polar surface area (TPSA) is 73.3 Å². The molecule has 2 atom stereocenters. The number of rotatable bonds is 7. The average molecular weight is 498 g/mol. The van der Waals surface area contributed by atoms with Crippen molar-refractivity contribution in [2.45, 2.75) is 56.8 Å². The van der Waals surface area contributed by atoms with E-state index in [2.05, 4.69) is 4.90 Å². The summed E-state index contributed by atoms with van der Waals surface area (Å²) in [5, 5.41) is 10.4. The highest BCUT2D eigenvalue weighted by atomic mass is 19.4. The van der Waals surface area contributed by atoms with Crippen LogP contribution in [0.2, 0.25) is 0 Å². The molecule has 194 valence electrons. The summed E-state index contributed by atoms with van der Waals surface area (Å²) in [7, 11) is 1.29. The summed E-state index contributed by atoms with van der Waals surface area (Å²) in [5.41, 5.74) is -0.193. The van der Waals surface area contributed by atoms with E-state index in [4.69, 9.17) is 4.74 Å². The molecule has 0 aromatic heterocycles. The Morgan fingerprint density at radius 2 is 1.97 bits per heavy atom. The van der Waals surface area contributed by atoms with E-state index in [1.165, 1.54) is 18.1 Å². The lowest BCUT2D eigenvalue weighted by Gasteiger charge is -2.36. The molecule has 1 saturated carbocycles. The molecule has 10 heteroatoms. The summed E-state index contributed by atoms with van der Waals surface area (Å²) in [6.07, 6.45) is -0.359. The standard InChI is InChI=1S/C25H34F3N3O4/c1-35-23(34)20(6-3-11-29-13-10-24(8-9-24)21(32)17-29)31-15-14-30(12-7-22(31)33)19-5-2-4-18(16-19)25(26,27)28/h2,4-5,16,20-21,32H,3,6-15,17H2,1H3. The summed E-state index contributed by atoms with van der Waals surface area (Å²) in [4.78, 5) is 31.0. The molecule has 1 N–H and O–H groups in total. The van der Waals surface area contributed by atoms with Gasteiger partial charge in [0.25, 0.3) is 0 Å². The van der Waals surface area contributed by atoms with E-state index in [-0.39, 0.29) is 36.9 Å². The van der Waals surface area contributed by atoms with Gasteiger partial charge < -0.3 is 24.5 Å². The molecule has 2 heterocycles. The summed E-state index contributed by atoms with van der Waals surface area (Å²) in [6.45, 7) is 3.10. The first-order valence-corrected chi connectivity index (χ1v) is 12.3. The van der Waals surface area contributed by atoms with Gasteiger partial charge in [-0.05, 0) is 68.8 Å². The zero-order chi connectivity index (χ0) is 25.2. The monoisotopic (exact) mass is 497 g/mol. The van der Waals surface area contributed by atoms with Crippen LogP contribution in [0, 0.1) is 5.41 Å². The molecule has 3 aliphatic rings. The Balaban J connectivity index is 1.36. The maximum absolute atomic E-state index is 13.1. The van der Waals surface area contributed by atoms with Gasteiger partial charge in [-0.15, -0.1) is 0 Å². The number of hydrogen-bond acceptors (Lipinski definition) is 6. The number of benzene rings is 1. The van der Waals surface area contributed by atoms with E-state index < -0.39 is 23.8 Å². The normalized spacial score (nSPS) is 23.8. The fraction of sp³-hybridized carbons (Fsp3) is 0.680. The molecule has 1 spiro atoms. The lowest BCUT2D eigenvalue weighted by molar-refractivity contribution is -0.153. The molecule has 0 bridgehead atoms. The number of alkyl halides is 3. The summed E-state index contributed by atoms with van der Waals surface area (Å²) in [5.74, 6) is -0.694. The van der Waals surface area contributed by atoms with Crippen LogP contribution in [0.4, 0.5) is 18.9 Å². The number of anilines is 1. The largest absolute Gasteiger partial charge is 0.467 e. The number of carbonyl (C=O) groups is 2. The van der Waals surface area contributed by atoms with Gasteiger partial charge in [-0.25, -0.2) is 4.79 Å². The third-order valence-corrected chi connectivity index (χ3v) is 7.82. The summed E-state index contributed by atoms with van der Waals surface area (Å²) < 4.78 is 44.4. The molecule has 35 heavy (non-hydrogen) atoms. The predicted molar refractivity (Wildman–Crippen MR) is 124 cm³/mol. The molecule has 2 saturated heterocycles. The number of halogens is 3. The van der Waals surface area contributed by atoms with E-state index in [9.17, 15) is 27.9 Å². The summed E-state index contributed by atoms with van der Waals surface area (Å²) in [6, 6.07) is 4.35. The highest BCUT2D eigenvalue weighted by molar-refractivity contribution is 5.85. The van der Waals surface area contributed by atoms with Crippen LogP contribution in [0.15, 0.2) is 24.3 Å². The Morgan fingerprint density at radius 1 is 1.20 bits per heavy atom. The van der Waals surface area contributed by atoms with Gasteiger partial charge in [0.1, 0.15) is 6.04 Å². The first kappa shape index (κ1) is 25.8. The molecule has 1 aliphatic carbocycles. The van der Waals surface area contributed by atoms with E-state index in [0.717, 1.165) is 44.5 Å². The summed E-state index contributed by atoms with van der Waals surface area (Å²) >= 11 is 0. The third kappa shape index (κ3) is 5.91. The van der Waals surface area contributed by atoms with Crippen molar-refractivity contribution >= 4 is 17.6 Å². The third-order valence-electron chi connectivity index (χ3n) is 7.82. The van der Waals surface area contributed by atoms with Crippen LogP contribution in [0.3, 0.4) is 0 Å². The molecule has 3 fully saturated rings. The lowest BCUT2D eigenvalue weighted by Crippen LogP contribution is -2.48. The minimum absolute atomic E-state index is 0.101. The van der Waals surface area contributed by atoms with Crippen LogP contribution in [0.1, 0.15) is 44.1 Å². The Kier molecular flexibility index (Phi) is 7.61. The zero-order valence-electron chi connectivity index (χ0n) is 20.1. The molecule has 1 aromatic rings. The Morgan fingerprint density at radius 3 is 2.63 bits per heavy atom. The number of piperidine rings is 1. The molecular formula is C25H34F3N3O4. The number of aliphatic hydroxyl groups excluding tert-OH is 1. The van der Waals surface area contributed by atoms with E-state index in [0.29, 0.717) is 31.6 Å². The fourth-order valence-electron chi connectivity index (χ4n) is 5.37. The van der Waals surface area contributed by atoms with Gasteiger partial charge in [0, 0.05) is 38.3 Å². The Hall–Kier alpha value is -2.33. The predicted octanol–water partition coefficient (Wildman–Crippen LogP) is 2.91. The number of β-amino-alcohol motifs (C(OH)–C–C–N with tert-alkyl or cyclic N) is 1. The van der Waals surface area contributed by atoms with Crippen LogP contribution >= 0.6 is 0 Å². The van der Waals surface area contributed by atoms with Crippen LogP contribution in [-0.2, 0) is 20.5 Å². The number of carbonyl (C=O) groups excluding carboxylic acids is 2. The zero-order valence-corrected chi connectivity index (χ0v) is 20.1. The second-order valence-corrected chi connectivity index (χ2v) is 9.98. The van der Waals surface area contributed by atoms with Crippen molar-refractivity contribution in [3.63, 3.8) is 0 Å². The van der Waals surface area contributed by atoms with Gasteiger partial charge in [0.2, 0.25) is 5.91 Å². The number of aliphatic hydroxyl groups is 1. The van der Waals surface area contributed by atoms with Gasteiger partial charge >= 0.3 is 12.1 Å². The van der Waals surface area contributed by atoms with Gasteiger partial charge in [-0.1, -0.05) is 6.07 Å². The molecule has 4 rings (SSSR count). The van der Waals surface area contributed by atoms with E-state index in [1.54, 1.807) is 11.0 Å². The van der Waals surface area contributed by atoms with Crippen molar-refractivity contribution in [2.75, 3.05) is 51.3 Å². The first-order valence-electron chi connectivity index (χ1n) is 12.3. The Bertz CT molecular complexity index is 921. The van der Waals surface area contributed by atoms with Crippen LogP contribution in [0.25, 0.3) is 0 Å². The molecule has 7 nitrogen and oxygen atoms in total. The molecular weight excluding hydrogens is 463 g/mol. The maximum Gasteiger partial charge on any atom is 0.416 e. The minimum Gasteiger partial charge on any atom is -0.467 e. The highest BCUT2D eigenvalue weighted by Crippen LogP contribution is 2.53. The van der Waals surface area contributed by atoms with Crippen molar-refractivity contribution in [3.8, 4) is 0 Å². The number of likely N-dealkylation sites (tertiary alicyclic amines) is 1. The maximum atomic E-state index is 13.1.